The van der Waals surface area contributed by atoms with E-state index in [1.54, 1.807) is 12.1 Å². The minimum Gasteiger partial charge on any atom is -0.478 e. The second-order valence-corrected chi connectivity index (χ2v) is 4.81. The normalized spacial score (nSPS) is 10.8. The predicted molar refractivity (Wildman–Crippen MR) is 73.7 cm³/mol. The van der Waals surface area contributed by atoms with Crippen molar-refractivity contribution in [3.63, 3.8) is 0 Å². The summed E-state index contributed by atoms with van der Waals surface area (Å²) < 4.78 is 14.5. The van der Waals surface area contributed by atoms with E-state index in [-0.39, 0.29) is 23.1 Å². The average Bonchev–Trinajstić information content (AvgIpc) is 2.66. The first-order chi connectivity index (χ1) is 9.52. The molecule has 20 heavy (non-hydrogen) atoms. The van der Waals surface area contributed by atoms with Crippen molar-refractivity contribution in [1.82, 2.24) is 9.78 Å². The fourth-order valence-electron chi connectivity index (χ4n) is 2.02. The number of carboxylic acid groups (broad SMARTS) is 1. The fourth-order valence-corrected chi connectivity index (χ4v) is 2.31. The van der Waals surface area contributed by atoms with Crippen LogP contribution in [0.15, 0.2) is 24.3 Å². The van der Waals surface area contributed by atoms with Gasteiger partial charge >= 0.3 is 5.97 Å². The molecule has 106 valence electrons. The van der Waals surface area contributed by atoms with Gasteiger partial charge in [-0.15, -0.1) is 0 Å². The Kier molecular flexibility index (Phi) is 4.39. The predicted octanol–water partition coefficient (Wildman–Crippen LogP) is 3.37. The van der Waals surface area contributed by atoms with Crippen molar-refractivity contribution in [3.8, 4) is 0 Å². The second-order valence-electron chi connectivity index (χ2n) is 4.46. The van der Waals surface area contributed by atoms with Gasteiger partial charge in [-0.25, -0.2) is 13.9 Å². The molecule has 1 aromatic carbocycles. The van der Waals surface area contributed by atoms with Crippen molar-refractivity contribution in [2.24, 2.45) is 0 Å². The molecule has 0 aliphatic carbocycles. The number of nitrogens with zero attached hydrogens (tertiary/aromatic N) is 2. The molecule has 0 aliphatic heterocycles. The van der Waals surface area contributed by atoms with Crippen LogP contribution in [0.1, 0.15) is 35.0 Å². The number of halogens is 2. The highest BCUT2D eigenvalue weighted by atomic mass is 35.5. The van der Waals surface area contributed by atoms with Crippen molar-refractivity contribution >= 4 is 17.6 Å². The molecule has 4 nitrogen and oxygen atoms in total. The van der Waals surface area contributed by atoms with E-state index in [0.717, 1.165) is 6.42 Å². The number of aryl methyl sites for hydroxylation is 1. The number of aromatic nitrogens is 2. The van der Waals surface area contributed by atoms with Crippen LogP contribution in [0.25, 0.3) is 0 Å². The third kappa shape index (κ3) is 2.99. The lowest BCUT2D eigenvalue weighted by Gasteiger charge is -2.03. The van der Waals surface area contributed by atoms with Gasteiger partial charge in [-0.3, -0.25) is 0 Å². The third-order valence-corrected chi connectivity index (χ3v) is 3.27. The highest BCUT2D eigenvalue weighted by Crippen LogP contribution is 2.22. The molecule has 0 saturated carbocycles. The van der Waals surface area contributed by atoms with Gasteiger partial charge in [-0.1, -0.05) is 37.1 Å². The molecule has 1 heterocycles. The van der Waals surface area contributed by atoms with E-state index in [4.69, 9.17) is 11.6 Å². The molecule has 0 spiro atoms. The maximum Gasteiger partial charge on any atom is 0.340 e. The van der Waals surface area contributed by atoms with E-state index in [9.17, 15) is 14.3 Å². The molecule has 2 aromatic rings. The summed E-state index contributed by atoms with van der Waals surface area (Å²) in [5.41, 5.74) is 1.17. The van der Waals surface area contributed by atoms with Crippen molar-refractivity contribution in [2.45, 2.75) is 26.3 Å². The molecular formula is C14H14ClFN2O2. The number of carboxylic acids is 1. The highest BCUT2D eigenvalue weighted by Gasteiger charge is 2.21. The Balaban J connectivity index is 2.37. The Morgan fingerprint density at radius 3 is 2.85 bits per heavy atom. The molecule has 0 radical (unpaired) electrons. The lowest BCUT2D eigenvalue weighted by atomic mass is 10.2. The molecule has 0 amide bonds. The molecule has 0 atom stereocenters. The summed E-state index contributed by atoms with van der Waals surface area (Å²) in [4.78, 5) is 11.2. The average molecular weight is 297 g/mol. The number of aromatic carboxylic acids is 1. The van der Waals surface area contributed by atoms with Crippen LogP contribution in [0, 0.1) is 5.82 Å². The third-order valence-electron chi connectivity index (χ3n) is 2.88. The first-order valence-corrected chi connectivity index (χ1v) is 6.63. The maximum atomic E-state index is 13.1. The van der Waals surface area contributed by atoms with E-state index in [0.29, 0.717) is 17.7 Å². The second kappa shape index (κ2) is 6.05. The Bertz CT molecular complexity index is 640. The molecule has 0 saturated heterocycles. The van der Waals surface area contributed by atoms with Gasteiger partial charge in [0.15, 0.2) is 0 Å². The minimum absolute atomic E-state index is 0.0323. The summed E-state index contributed by atoms with van der Waals surface area (Å²) in [6, 6.07) is 6.05. The fraction of sp³-hybridized carbons (Fsp3) is 0.286. The van der Waals surface area contributed by atoms with Crippen LogP contribution in [-0.4, -0.2) is 20.9 Å². The summed E-state index contributed by atoms with van der Waals surface area (Å²) >= 11 is 6.08. The monoisotopic (exact) mass is 296 g/mol. The molecule has 1 aromatic heterocycles. The highest BCUT2D eigenvalue weighted by molar-refractivity contribution is 6.32. The zero-order valence-corrected chi connectivity index (χ0v) is 11.7. The van der Waals surface area contributed by atoms with Crippen molar-refractivity contribution in [3.05, 3.63) is 52.1 Å². The van der Waals surface area contributed by atoms with Gasteiger partial charge in [-0.2, -0.15) is 5.10 Å². The molecule has 1 N–H and O–H groups in total. The number of hydrogen-bond donors (Lipinski definition) is 1. The van der Waals surface area contributed by atoms with Gasteiger partial charge in [0.05, 0.1) is 12.2 Å². The van der Waals surface area contributed by atoms with Crippen LogP contribution in [0.5, 0.6) is 0 Å². The van der Waals surface area contributed by atoms with Gasteiger partial charge in [0.25, 0.3) is 0 Å². The van der Waals surface area contributed by atoms with E-state index in [2.05, 4.69) is 5.10 Å². The summed E-state index contributed by atoms with van der Waals surface area (Å²) in [6.45, 7) is 2.17. The van der Waals surface area contributed by atoms with Crippen LogP contribution in [0.3, 0.4) is 0 Å². The molecule has 2 rings (SSSR count). The Hall–Kier alpha value is -1.88. The Morgan fingerprint density at radius 2 is 2.25 bits per heavy atom. The van der Waals surface area contributed by atoms with E-state index in [1.165, 1.54) is 16.8 Å². The topological polar surface area (TPSA) is 55.1 Å². The van der Waals surface area contributed by atoms with Gasteiger partial charge in [0, 0.05) is 0 Å². The summed E-state index contributed by atoms with van der Waals surface area (Å²) in [5, 5.41) is 13.5. The first kappa shape index (κ1) is 14.5. The largest absolute Gasteiger partial charge is 0.478 e. The van der Waals surface area contributed by atoms with Crippen LogP contribution < -0.4 is 0 Å². The van der Waals surface area contributed by atoms with Gasteiger partial charge in [0.1, 0.15) is 16.5 Å². The van der Waals surface area contributed by atoms with Gasteiger partial charge in [-0.05, 0) is 24.1 Å². The first-order valence-electron chi connectivity index (χ1n) is 6.25. The van der Waals surface area contributed by atoms with E-state index >= 15 is 0 Å². The maximum absolute atomic E-state index is 13.1. The summed E-state index contributed by atoms with van der Waals surface area (Å²) in [6.07, 6.45) is 1.31. The lowest BCUT2D eigenvalue weighted by Crippen LogP contribution is -2.03. The molecule has 0 aliphatic rings. The van der Waals surface area contributed by atoms with Crippen molar-refractivity contribution < 1.29 is 14.3 Å². The Labute approximate surface area is 120 Å². The van der Waals surface area contributed by atoms with Crippen LogP contribution >= 0.6 is 11.6 Å². The van der Waals surface area contributed by atoms with E-state index < -0.39 is 5.97 Å². The number of carbonyl (C=O) groups is 1. The van der Waals surface area contributed by atoms with Gasteiger partial charge < -0.3 is 5.11 Å². The molecule has 6 heteroatoms. The SMILES string of the molecule is CCCc1nn(Cc2cccc(F)c2)c(Cl)c1C(=O)O. The molecular weight excluding hydrogens is 283 g/mol. The molecule has 0 bridgehead atoms. The smallest absolute Gasteiger partial charge is 0.340 e. The zero-order chi connectivity index (χ0) is 14.7. The number of hydrogen-bond acceptors (Lipinski definition) is 2. The Morgan fingerprint density at radius 1 is 1.50 bits per heavy atom. The quantitative estimate of drug-likeness (QED) is 0.920. The molecule has 0 fully saturated rings. The van der Waals surface area contributed by atoms with Crippen LogP contribution in [0.4, 0.5) is 4.39 Å². The van der Waals surface area contributed by atoms with Crippen LogP contribution in [0.2, 0.25) is 5.15 Å². The minimum atomic E-state index is -1.09. The summed E-state index contributed by atoms with van der Waals surface area (Å²) in [7, 11) is 0. The van der Waals surface area contributed by atoms with E-state index in [1.807, 2.05) is 6.92 Å². The standard InChI is InChI=1S/C14H14ClFN2O2/c1-2-4-11-12(14(19)20)13(15)18(17-11)8-9-5-3-6-10(16)7-9/h3,5-7H,2,4,8H2,1H3,(H,19,20). The summed E-state index contributed by atoms with van der Waals surface area (Å²) in [5.74, 6) is -1.44. The molecule has 0 unspecified atom stereocenters. The van der Waals surface area contributed by atoms with Crippen molar-refractivity contribution in [2.75, 3.05) is 0 Å². The van der Waals surface area contributed by atoms with Crippen LogP contribution in [-0.2, 0) is 13.0 Å². The number of rotatable bonds is 5. The van der Waals surface area contributed by atoms with Gasteiger partial charge in [0.2, 0.25) is 0 Å². The zero-order valence-electron chi connectivity index (χ0n) is 10.9. The van der Waals surface area contributed by atoms with Crippen molar-refractivity contribution in [1.29, 1.82) is 0 Å². The lowest BCUT2D eigenvalue weighted by molar-refractivity contribution is 0.0696. The number of benzene rings is 1.